The minimum Gasteiger partial charge on any atom is -0.348 e. The lowest BCUT2D eigenvalue weighted by Gasteiger charge is -2.12. The van der Waals surface area contributed by atoms with Crippen molar-refractivity contribution < 1.29 is 4.79 Å². The molecule has 7 heteroatoms. The minimum absolute atomic E-state index is 0.0869. The van der Waals surface area contributed by atoms with Gasteiger partial charge in [-0.05, 0) is 55.8 Å². The van der Waals surface area contributed by atoms with Crippen molar-refractivity contribution in [3.8, 4) is 11.3 Å². The summed E-state index contributed by atoms with van der Waals surface area (Å²) >= 11 is 0. The predicted molar refractivity (Wildman–Crippen MR) is 133 cm³/mol. The Morgan fingerprint density at radius 3 is 2.59 bits per heavy atom. The molecule has 0 unspecified atom stereocenters. The van der Waals surface area contributed by atoms with Crippen molar-refractivity contribution in [1.29, 1.82) is 0 Å². The second kappa shape index (κ2) is 8.44. The maximum Gasteiger partial charge on any atom is 0.253 e. The molecule has 0 aliphatic carbocycles. The van der Waals surface area contributed by atoms with Gasteiger partial charge in [-0.2, -0.15) is 0 Å². The highest BCUT2D eigenvalue weighted by Gasteiger charge is 2.15. The molecule has 168 valence electrons. The van der Waals surface area contributed by atoms with Crippen molar-refractivity contribution in [3.63, 3.8) is 0 Å². The minimum atomic E-state index is -0.348. The molecule has 0 aliphatic rings. The van der Waals surface area contributed by atoms with Crippen molar-refractivity contribution >= 4 is 27.7 Å². The first-order valence-electron chi connectivity index (χ1n) is 10.9. The summed E-state index contributed by atoms with van der Waals surface area (Å²) in [5.41, 5.74) is 4.75. The van der Waals surface area contributed by atoms with Gasteiger partial charge in [0.1, 0.15) is 0 Å². The molecular formula is C27H22N4O3. The number of pyridine rings is 3. The van der Waals surface area contributed by atoms with E-state index in [9.17, 15) is 14.4 Å². The van der Waals surface area contributed by atoms with Crippen LogP contribution < -0.4 is 16.4 Å². The van der Waals surface area contributed by atoms with Crippen LogP contribution in [-0.2, 0) is 6.54 Å². The Morgan fingerprint density at radius 2 is 1.76 bits per heavy atom. The highest BCUT2D eigenvalue weighted by atomic mass is 16.2. The summed E-state index contributed by atoms with van der Waals surface area (Å²) < 4.78 is 0. The number of carbonyl (C=O) groups is 1. The Kier molecular flexibility index (Phi) is 5.30. The maximum absolute atomic E-state index is 13.3. The van der Waals surface area contributed by atoms with Crippen LogP contribution in [0.15, 0.2) is 76.3 Å². The molecule has 0 radical (unpaired) electrons. The average molecular weight is 450 g/mol. The number of hydrogen-bond acceptors (Lipinski definition) is 4. The highest BCUT2D eigenvalue weighted by molar-refractivity contribution is 6.07. The summed E-state index contributed by atoms with van der Waals surface area (Å²) in [6, 6.07) is 20.1. The van der Waals surface area contributed by atoms with Gasteiger partial charge in [0.05, 0.1) is 11.2 Å². The van der Waals surface area contributed by atoms with E-state index in [0.717, 1.165) is 22.2 Å². The van der Waals surface area contributed by atoms with Crippen molar-refractivity contribution in [2.24, 2.45) is 0 Å². The van der Waals surface area contributed by atoms with E-state index in [4.69, 9.17) is 4.98 Å². The van der Waals surface area contributed by atoms with Gasteiger partial charge >= 0.3 is 0 Å². The highest BCUT2D eigenvalue weighted by Crippen LogP contribution is 2.27. The number of benzene rings is 2. The molecular weight excluding hydrogens is 428 g/mol. The predicted octanol–water partition coefficient (Wildman–Crippen LogP) is 3.98. The maximum atomic E-state index is 13.3. The van der Waals surface area contributed by atoms with Crippen molar-refractivity contribution in [1.82, 2.24) is 20.3 Å². The second-order valence-corrected chi connectivity index (χ2v) is 8.32. The zero-order chi connectivity index (χ0) is 23.8. The molecule has 34 heavy (non-hydrogen) atoms. The summed E-state index contributed by atoms with van der Waals surface area (Å²) in [7, 11) is 0. The largest absolute Gasteiger partial charge is 0.348 e. The normalized spacial score (nSPS) is 11.1. The van der Waals surface area contributed by atoms with E-state index >= 15 is 0 Å². The van der Waals surface area contributed by atoms with Gasteiger partial charge < -0.3 is 15.3 Å². The van der Waals surface area contributed by atoms with Crippen molar-refractivity contribution in [3.05, 3.63) is 110 Å². The van der Waals surface area contributed by atoms with E-state index in [0.29, 0.717) is 33.3 Å². The molecule has 0 saturated heterocycles. The topological polar surface area (TPSA) is 108 Å². The third-order valence-corrected chi connectivity index (χ3v) is 5.90. The molecule has 0 bridgehead atoms. The van der Waals surface area contributed by atoms with Gasteiger partial charge in [0.15, 0.2) is 0 Å². The van der Waals surface area contributed by atoms with E-state index in [1.807, 2.05) is 62.4 Å². The van der Waals surface area contributed by atoms with Crippen LogP contribution in [0.1, 0.15) is 27.2 Å². The molecule has 0 saturated carbocycles. The van der Waals surface area contributed by atoms with Crippen LogP contribution in [0.25, 0.3) is 33.1 Å². The molecule has 3 aromatic heterocycles. The van der Waals surface area contributed by atoms with Gasteiger partial charge in [0, 0.05) is 51.3 Å². The summed E-state index contributed by atoms with van der Waals surface area (Å²) in [4.78, 5) is 47.9. The number of aryl methyl sites for hydroxylation is 2. The Hall–Kier alpha value is -4.52. The van der Waals surface area contributed by atoms with Gasteiger partial charge in [0.25, 0.3) is 11.5 Å². The molecule has 0 fully saturated rings. The van der Waals surface area contributed by atoms with Gasteiger partial charge in [-0.15, -0.1) is 0 Å². The van der Waals surface area contributed by atoms with Crippen LogP contribution in [0.3, 0.4) is 0 Å². The number of aromatic nitrogens is 3. The van der Waals surface area contributed by atoms with Gasteiger partial charge in [0.2, 0.25) is 5.56 Å². The first-order valence-corrected chi connectivity index (χ1v) is 10.9. The van der Waals surface area contributed by atoms with E-state index < -0.39 is 0 Å². The lowest BCUT2D eigenvalue weighted by atomic mass is 10.0. The number of para-hydroxylation sites is 1. The molecule has 0 spiro atoms. The fraction of sp³-hybridized carbons (Fsp3) is 0.111. The number of carbonyl (C=O) groups excluding carboxylic acids is 1. The number of nitrogens with zero attached hydrogens (tertiary/aromatic N) is 1. The zero-order valence-corrected chi connectivity index (χ0v) is 18.7. The molecule has 0 atom stereocenters. The summed E-state index contributed by atoms with van der Waals surface area (Å²) in [6.07, 6.45) is 0. The lowest BCUT2D eigenvalue weighted by molar-refractivity contribution is 0.0952. The molecule has 5 rings (SSSR count). The molecule has 2 aromatic carbocycles. The SMILES string of the molecule is Cc1cc(C)c(CNC(=O)c2cc(-c3ccc4ccccc4n3)cc3[nH]c(=O)ccc23)c(=O)[nH]1. The van der Waals surface area contributed by atoms with Crippen LogP contribution in [0.4, 0.5) is 0 Å². The van der Waals surface area contributed by atoms with Gasteiger partial charge in [-0.25, -0.2) is 4.98 Å². The van der Waals surface area contributed by atoms with E-state index in [2.05, 4.69) is 15.3 Å². The summed E-state index contributed by atoms with van der Waals surface area (Å²) in [5, 5.41) is 4.48. The average Bonchev–Trinajstić information content (AvgIpc) is 2.82. The monoisotopic (exact) mass is 450 g/mol. The van der Waals surface area contributed by atoms with Crippen molar-refractivity contribution in [2.75, 3.05) is 0 Å². The number of aromatic amines is 2. The van der Waals surface area contributed by atoms with Crippen LogP contribution in [0, 0.1) is 13.8 Å². The Morgan fingerprint density at radius 1 is 0.941 bits per heavy atom. The van der Waals surface area contributed by atoms with Crippen LogP contribution >= 0.6 is 0 Å². The van der Waals surface area contributed by atoms with E-state index in [1.54, 1.807) is 12.1 Å². The van der Waals surface area contributed by atoms with Gasteiger partial charge in [-0.1, -0.05) is 24.3 Å². The number of hydrogen-bond donors (Lipinski definition) is 3. The first-order chi connectivity index (χ1) is 16.4. The standard InChI is InChI=1S/C27H22N4O3/c1-15-11-16(2)29-27(34)21(15)14-28-26(33)20-12-18(13-24-19(20)8-10-25(32)31-24)23-9-7-17-5-3-4-6-22(17)30-23/h3-13H,14H2,1-2H3,(H,28,33)(H,29,34)(H,31,32). The first kappa shape index (κ1) is 21.3. The molecule has 7 nitrogen and oxygen atoms in total. The smallest absolute Gasteiger partial charge is 0.253 e. The fourth-order valence-corrected chi connectivity index (χ4v) is 4.20. The second-order valence-electron chi connectivity index (χ2n) is 8.32. The molecule has 3 heterocycles. The molecule has 3 N–H and O–H groups in total. The molecule has 1 amide bonds. The Labute approximate surface area is 194 Å². The number of H-pyrrole nitrogens is 2. The Balaban J connectivity index is 1.57. The molecule has 5 aromatic rings. The summed E-state index contributed by atoms with van der Waals surface area (Å²) in [5.74, 6) is -0.348. The van der Waals surface area contributed by atoms with Crippen LogP contribution in [0.5, 0.6) is 0 Å². The number of nitrogens with one attached hydrogen (secondary N) is 3. The van der Waals surface area contributed by atoms with Crippen molar-refractivity contribution in [2.45, 2.75) is 20.4 Å². The number of rotatable bonds is 4. The lowest BCUT2D eigenvalue weighted by Crippen LogP contribution is -2.28. The number of amides is 1. The van der Waals surface area contributed by atoms with E-state index in [1.165, 1.54) is 6.07 Å². The Bertz CT molecular complexity index is 1700. The third-order valence-electron chi connectivity index (χ3n) is 5.90. The summed E-state index contributed by atoms with van der Waals surface area (Å²) in [6.45, 7) is 3.75. The van der Waals surface area contributed by atoms with Crippen LogP contribution in [0.2, 0.25) is 0 Å². The quantitative estimate of drug-likeness (QED) is 0.385. The van der Waals surface area contributed by atoms with Crippen LogP contribution in [-0.4, -0.2) is 20.9 Å². The fourth-order valence-electron chi connectivity index (χ4n) is 4.20. The number of fused-ring (bicyclic) bond motifs is 2. The zero-order valence-electron chi connectivity index (χ0n) is 18.7. The third kappa shape index (κ3) is 3.99. The van der Waals surface area contributed by atoms with Gasteiger partial charge in [-0.3, -0.25) is 14.4 Å². The van der Waals surface area contributed by atoms with E-state index in [-0.39, 0.29) is 23.6 Å². The molecule has 0 aliphatic heterocycles.